The highest BCUT2D eigenvalue weighted by Gasteiger charge is 2.35. The summed E-state index contributed by atoms with van der Waals surface area (Å²) in [7, 11) is 1.61. The lowest BCUT2D eigenvalue weighted by Gasteiger charge is -2.43. The number of pyridine rings is 1. The third-order valence-electron chi connectivity index (χ3n) is 8.52. The number of nitrogens with zero attached hydrogens (tertiary/aromatic N) is 8. The van der Waals surface area contributed by atoms with E-state index in [1.54, 1.807) is 31.5 Å². The van der Waals surface area contributed by atoms with E-state index in [0.29, 0.717) is 28.9 Å². The third-order valence-corrected chi connectivity index (χ3v) is 8.52. The van der Waals surface area contributed by atoms with Crippen LogP contribution in [0.15, 0.2) is 36.8 Å². The maximum absolute atomic E-state index is 14.9. The molecule has 0 saturated carbocycles. The SMILES string of the molecule is COc1cc(Nc2ncnc(-c3ccc(O[C@H]4CCN(C(=O)[C@@H](O)CO)C[C@@H]4F)c(C#N)c3)n2)cnc1N1CCN(C2COC2)CC1. The summed E-state index contributed by atoms with van der Waals surface area (Å²) in [5.74, 6) is 1.39. The lowest BCUT2D eigenvalue weighted by molar-refractivity contribution is -0.146. The maximum atomic E-state index is 14.9. The highest BCUT2D eigenvalue weighted by molar-refractivity contribution is 5.81. The molecule has 0 bridgehead atoms. The molecule has 0 unspecified atom stereocenters. The van der Waals surface area contributed by atoms with Gasteiger partial charge in [0, 0.05) is 50.8 Å². The van der Waals surface area contributed by atoms with Crippen molar-refractivity contribution in [1.29, 1.82) is 5.26 Å². The summed E-state index contributed by atoms with van der Waals surface area (Å²) < 4.78 is 31.8. The summed E-state index contributed by atoms with van der Waals surface area (Å²) >= 11 is 0. The number of anilines is 3. The van der Waals surface area contributed by atoms with Crippen LogP contribution >= 0.6 is 0 Å². The second-order valence-electron chi connectivity index (χ2n) is 11.5. The quantitative estimate of drug-likeness (QED) is 0.280. The average Bonchev–Trinajstić information content (AvgIpc) is 3.08. The van der Waals surface area contributed by atoms with Crippen LogP contribution in [0.4, 0.5) is 21.8 Å². The van der Waals surface area contributed by atoms with Gasteiger partial charge in [-0.1, -0.05) is 0 Å². The van der Waals surface area contributed by atoms with Crippen LogP contribution < -0.4 is 19.7 Å². The number of likely N-dealkylation sites (tertiary alicyclic amines) is 1. The number of halogens is 1. The molecule has 5 heterocycles. The number of carbonyl (C=O) groups excluding carboxylic acids is 1. The molecular formula is C31H36FN9O6. The van der Waals surface area contributed by atoms with Gasteiger partial charge in [0.25, 0.3) is 5.91 Å². The minimum absolute atomic E-state index is 0.138. The smallest absolute Gasteiger partial charge is 0.253 e. The van der Waals surface area contributed by atoms with Crippen LogP contribution in [0.5, 0.6) is 11.5 Å². The molecular weight excluding hydrogens is 613 g/mol. The minimum Gasteiger partial charge on any atom is -0.493 e. The Labute approximate surface area is 270 Å². The number of amides is 1. The molecule has 1 amide bonds. The first-order chi connectivity index (χ1) is 22.9. The molecule has 0 radical (unpaired) electrons. The molecule has 0 aliphatic carbocycles. The van der Waals surface area contributed by atoms with E-state index in [9.17, 15) is 19.6 Å². The summed E-state index contributed by atoms with van der Waals surface area (Å²) in [4.78, 5) is 35.6. The number of nitriles is 1. The number of aromatic nitrogens is 4. The lowest BCUT2D eigenvalue weighted by Crippen LogP contribution is -2.56. The number of piperazine rings is 1. The zero-order valence-electron chi connectivity index (χ0n) is 25.8. The van der Waals surface area contributed by atoms with Gasteiger partial charge in [-0.3, -0.25) is 9.69 Å². The molecule has 3 N–H and O–H groups in total. The van der Waals surface area contributed by atoms with Gasteiger partial charge in [-0.15, -0.1) is 0 Å². The highest BCUT2D eigenvalue weighted by atomic mass is 19.1. The minimum atomic E-state index is -1.59. The molecule has 3 aromatic rings. The zero-order valence-corrected chi connectivity index (χ0v) is 25.8. The van der Waals surface area contributed by atoms with E-state index in [0.717, 1.165) is 50.1 Å². The van der Waals surface area contributed by atoms with E-state index in [2.05, 4.69) is 41.1 Å². The van der Waals surface area contributed by atoms with E-state index in [1.807, 2.05) is 6.07 Å². The number of aliphatic hydroxyl groups excluding tert-OH is 2. The molecule has 0 spiro atoms. The molecule has 15 nitrogen and oxygen atoms in total. The zero-order chi connectivity index (χ0) is 32.9. The first-order valence-electron chi connectivity index (χ1n) is 15.4. The standard InChI is InChI=1S/C31H36FN9O6/c1-45-27-11-21(13-34-29(27)40-8-6-39(7-9-40)22-16-46-17-22)37-31-36-18-35-28(38-31)19-2-3-25(20(10-19)12-33)47-26-4-5-41(14-23(26)32)30(44)24(43)15-42/h2-3,10-11,13,18,22-24,26,42-43H,4-9,14-17H2,1H3,(H,35,36,37,38)/t23-,24-,26-/m0/s1. The second kappa shape index (κ2) is 14.4. The summed E-state index contributed by atoms with van der Waals surface area (Å²) in [5, 5.41) is 31.6. The fraction of sp³-hybridized carbons (Fsp3) is 0.484. The molecule has 3 aliphatic heterocycles. The van der Waals surface area contributed by atoms with Gasteiger partial charge in [-0.2, -0.15) is 10.2 Å². The first kappa shape index (κ1) is 32.3. The van der Waals surface area contributed by atoms with Crippen molar-refractivity contribution >= 4 is 23.4 Å². The number of aliphatic hydroxyl groups is 2. The number of methoxy groups -OCH3 is 1. The molecule has 3 saturated heterocycles. The Kier molecular flexibility index (Phi) is 9.87. The molecule has 47 heavy (non-hydrogen) atoms. The van der Waals surface area contributed by atoms with E-state index in [1.165, 1.54) is 6.33 Å². The molecule has 3 aliphatic rings. The Bertz CT molecular complexity index is 1610. The molecule has 248 valence electrons. The van der Waals surface area contributed by atoms with Crippen LogP contribution in [0, 0.1) is 11.3 Å². The van der Waals surface area contributed by atoms with Crippen LogP contribution in [0.3, 0.4) is 0 Å². The first-order valence-corrected chi connectivity index (χ1v) is 15.4. The van der Waals surface area contributed by atoms with Crippen molar-refractivity contribution < 1.29 is 33.6 Å². The van der Waals surface area contributed by atoms with Crippen molar-refractivity contribution in [3.63, 3.8) is 0 Å². The Hall–Kier alpha value is -4.69. The third kappa shape index (κ3) is 7.18. The van der Waals surface area contributed by atoms with Gasteiger partial charge >= 0.3 is 0 Å². The summed E-state index contributed by atoms with van der Waals surface area (Å²) in [6, 6.07) is 9.19. The van der Waals surface area contributed by atoms with Crippen LogP contribution in [-0.2, 0) is 9.53 Å². The highest BCUT2D eigenvalue weighted by Crippen LogP contribution is 2.32. The molecule has 3 atom stereocenters. The predicted molar refractivity (Wildman–Crippen MR) is 166 cm³/mol. The summed E-state index contributed by atoms with van der Waals surface area (Å²) in [6.45, 7) is 4.24. The van der Waals surface area contributed by atoms with Gasteiger partial charge < -0.3 is 39.5 Å². The number of ether oxygens (including phenoxy) is 3. The van der Waals surface area contributed by atoms with Gasteiger partial charge in [0.15, 0.2) is 29.7 Å². The fourth-order valence-electron chi connectivity index (χ4n) is 5.78. The Morgan fingerprint density at radius 1 is 1.17 bits per heavy atom. The van der Waals surface area contributed by atoms with Crippen LogP contribution in [0.1, 0.15) is 12.0 Å². The number of piperidine rings is 1. The number of carbonyl (C=O) groups is 1. The van der Waals surface area contributed by atoms with Gasteiger partial charge in [-0.25, -0.2) is 19.3 Å². The molecule has 6 rings (SSSR count). The summed E-state index contributed by atoms with van der Waals surface area (Å²) in [5.41, 5.74) is 1.30. The second-order valence-corrected chi connectivity index (χ2v) is 11.5. The maximum Gasteiger partial charge on any atom is 0.253 e. The monoisotopic (exact) mass is 649 g/mol. The van der Waals surface area contributed by atoms with E-state index < -0.39 is 30.9 Å². The van der Waals surface area contributed by atoms with Crippen LogP contribution in [-0.4, -0.2) is 136 Å². The fourth-order valence-corrected chi connectivity index (χ4v) is 5.78. The predicted octanol–water partition coefficient (Wildman–Crippen LogP) is 0.749. The van der Waals surface area contributed by atoms with Gasteiger partial charge in [0.05, 0.1) is 57.0 Å². The molecule has 1 aromatic carbocycles. The van der Waals surface area contributed by atoms with Crippen molar-refractivity contribution in [2.75, 3.05) is 76.4 Å². The summed E-state index contributed by atoms with van der Waals surface area (Å²) in [6.07, 6.45) is -0.854. The van der Waals surface area contributed by atoms with Gasteiger partial charge in [0.1, 0.15) is 24.3 Å². The van der Waals surface area contributed by atoms with Gasteiger partial charge in [-0.05, 0) is 18.2 Å². The van der Waals surface area contributed by atoms with Crippen LogP contribution in [0.2, 0.25) is 0 Å². The number of alkyl halides is 1. The molecule has 16 heteroatoms. The largest absolute Gasteiger partial charge is 0.493 e. The van der Waals surface area contributed by atoms with Crippen molar-refractivity contribution in [3.8, 4) is 29.0 Å². The van der Waals surface area contributed by atoms with Gasteiger partial charge in [0.2, 0.25) is 5.95 Å². The topological polar surface area (TPSA) is 182 Å². The van der Waals surface area contributed by atoms with E-state index >= 15 is 0 Å². The van der Waals surface area contributed by atoms with E-state index in [4.69, 9.17) is 19.3 Å². The molecule has 3 fully saturated rings. The number of nitrogens with one attached hydrogen (secondary N) is 1. The number of hydrogen-bond acceptors (Lipinski definition) is 14. The van der Waals surface area contributed by atoms with Crippen molar-refractivity contribution in [2.45, 2.75) is 30.8 Å². The van der Waals surface area contributed by atoms with Crippen molar-refractivity contribution in [3.05, 3.63) is 42.4 Å². The molecule has 2 aromatic heterocycles. The Balaban J connectivity index is 1.10. The van der Waals surface area contributed by atoms with E-state index in [-0.39, 0.29) is 36.8 Å². The Morgan fingerprint density at radius 3 is 2.66 bits per heavy atom. The van der Waals surface area contributed by atoms with Crippen LogP contribution in [0.25, 0.3) is 11.4 Å². The number of rotatable bonds is 10. The Morgan fingerprint density at radius 2 is 1.98 bits per heavy atom. The number of benzene rings is 1. The lowest BCUT2D eigenvalue weighted by atomic mass is 10.0. The average molecular weight is 650 g/mol. The number of hydrogen-bond donors (Lipinski definition) is 3. The van der Waals surface area contributed by atoms with Crippen molar-refractivity contribution in [1.82, 2.24) is 29.7 Å². The van der Waals surface area contributed by atoms with Crippen molar-refractivity contribution in [2.24, 2.45) is 0 Å². The normalized spacial score (nSPS) is 21.0.